The van der Waals surface area contributed by atoms with E-state index in [-0.39, 0.29) is 11.8 Å². The lowest BCUT2D eigenvalue weighted by atomic mass is 9.95. The number of hydrogen-bond acceptors (Lipinski definition) is 4. The van der Waals surface area contributed by atoms with Crippen molar-refractivity contribution in [2.24, 2.45) is 5.41 Å². The van der Waals surface area contributed by atoms with Crippen LogP contribution in [0.2, 0.25) is 0 Å². The van der Waals surface area contributed by atoms with Gasteiger partial charge in [0, 0.05) is 30.3 Å². The third kappa shape index (κ3) is 4.06. The third-order valence-electron chi connectivity index (χ3n) is 3.88. The van der Waals surface area contributed by atoms with Crippen molar-refractivity contribution in [2.45, 2.75) is 33.8 Å². The Morgan fingerprint density at radius 2 is 2.00 bits per heavy atom. The molecule has 0 saturated heterocycles. The summed E-state index contributed by atoms with van der Waals surface area (Å²) in [5, 5.41) is 2.89. The van der Waals surface area contributed by atoms with Crippen LogP contribution in [0.3, 0.4) is 0 Å². The Balaban J connectivity index is 2.26. The van der Waals surface area contributed by atoms with E-state index in [1.165, 1.54) is 0 Å². The minimum absolute atomic E-state index is 0.0455. The summed E-state index contributed by atoms with van der Waals surface area (Å²) in [6.45, 7) is 8.69. The van der Waals surface area contributed by atoms with Gasteiger partial charge in [0.1, 0.15) is 5.75 Å². The van der Waals surface area contributed by atoms with Crippen LogP contribution in [0.15, 0.2) is 18.2 Å². The van der Waals surface area contributed by atoms with Gasteiger partial charge in [-0.05, 0) is 33.2 Å². The van der Waals surface area contributed by atoms with E-state index >= 15 is 0 Å². The summed E-state index contributed by atoms with van der Waals surface area (Å²) in [4.78, 5) is 28.3. The van der Waals surface area contributed by atoms with E-state index in [2.05, 4.69) is 5.32 Å². The minimum atomic E-state index is -0.534. The number of likely N-dealkylation sites (N-methyl/N-ethyl adjacent to an activating group) is 1. The van der Waals surface area contributed by atoms with Gasteiger partial charge in [0.15, 0.2) is 6.10 Å². The summed E-state index contributed by atoms with van der Waals surface area (Å²) in [6, 6.07) is 5.41. The summed E-state index contributed by atoms with van der Waals surface area (Å²) in [5.74, 6) is 0.509. The molecule has 0 radical (unpaired) electrons. The SMILES string of the molecule is CC1Oc2cc(NC(=O)C(C)(C)C)ccc2N(CCN(C)C)C1=O. The van der Waals surface area contributed by atoms with Crippen molar-refractivity contribution in [1.82, 2.24) is 4.90 Å². The Hall–Kier alpha value is -2.08. The second kappa shape index (κ2) is 6.81. The zero-order valence-corrected chi connectivity index (χ0v) is 15.3. The molecule has 1 aromatic rings. The van der Waals surface area contributed by atoms with Crippen LogP contribution in [-0.2, 0) is 9.59 Å². The van der Waals surface area contributed by atoms with E-state index in [1.54, 1.807) is 24.0 Å². The molecule has 0 aliphatic carbocycles. The molecule has 1 heterocycles. The zero-order valence-electron chi connectivity index (χ0n) is 15.3. The molecule has 1 unspecified atom stereocenters. The highest BCUT2D eigenvalue weighted by molar-refractivity contribution is 6.01. The highest BCUT2D eigenvalue weighted by Crippen LogP contribution is 2.36. The molecule has 1 aliphatic rings. The Labute approximate surface area is 143 Å². The van der Waals surface area contributed by atoms with Gasteiger partial charge in [0.05, 0.1) is 5.69 Å². The number of carbonyl (C=O) groups excluding carboxylic acids is 2. The molecule has 6 heteroatoms. The van der Waals surface area contributed by atoms with Crippen LogP contribution in [0.25, 0.3) is 0 Å². The van der Waals surface area contributed by atoms with Crippen LogP contribution >= 0.6 is 0 Å². The molecule has 1 N–H and O–H groups in total. The first kappa shape index (κ1) is 18.3. The highest BCUT2D eigenvalue weighted by atomic mass is 16.5. The van der Waals surface area contributed by atoms with Crippen molar-refractivity contribution in [2.75, 3.05) is 37.4 Å². The molecule has 2 rings (SSSR count). The normalized spacial score (nSPS) is 17.5. The standard InChI is InChI=1S/C18H27N3O3/c1-12-16(22)21(10-9-20(5)6)14-8-7-13(11-15(14)24-12)19-17(23)18(2,3)4/h7-8,11-12H,9-10H2,1-6H3,(H,19,23). The average Bonchev–Trinajstić information content (AvgIpc) is 2.46. The average molecular weight is 333 g/mol. The maximum Gasteiger partial charge on any atom is 0.267 e. The predicted octanol–water partition coefficient (Wildman–Crippen LogP) is 2.35. The van der Waals surface area contributed by atoms with Crippen molar-refractivity contribution < 1.29 is 14.3 Å². The molecular weight excluding hydrogens is 306 g/mol. The minimum Gasteiger partial charge on any atom is -0.479 e. The summed E-state index contributed by atoms with van der Waals surface area (Å²) >= 11 is 0. The lowest BCUT2D eigenvalue weighted by molar-refractivity contribution is -0.125. The van der Waals surface area contributed by atoms with E-state index in [0.717, 1.165) is 12.2 Å². The lowest BCUT2D eigenvalue weighted by Crippen LogP contribution is -2.46. The van der Waals surface area contributed by atoms with Crippen LogP contribution in [-0.4, -0.2) is 50.0 Å². The van der Waals surface area contributed by atoms with Gasteiger partial charge in [-0.25, -0.2) is 0 Å². The number of nitrogens with zero attached hydrogens (tertiary/aromatic N) is 2. The molecule has 0 bridgehead atoms. The molecule has 0 fully saturated rings. The molecule has 1 aliphatic heterocycles. The van der Waals surface area contributed by atoms with Gasteiger partial charge in [-0.2, -0.15) is 0 Å². The second-order valence-corrected chi connectivity index (χ2v) is 7.44. The molecule has 1 aromatic carbocycles. The maximum atomic E-state index is 12.4. The van der Waals surface area contributed by atoms with Crippen LogP contribution in [0.5, 0.6) is 5.75 Å². The van der Waals surface area contributed by atoms with Crippen LogP contribution in [0.1, 0.15) is 27.7 Å². The smallest absolute Gasteiger partial charge is 0.267 e. The number of amides is 2. The largest absolute Gasteiger partial charge is 0.479 e. The van der Waals surface area contributed by atoms with Crippen molar-refractivity contribution in [3.8, 4) is 5.75 Å². The quantitative estimate of drug-likeness (QED) is 0.919. The van der Waals surface area contributed by atoms with Gasteiger partial charge < -0.3 is 19.9 Å². The first-order valence-electron chi connectivity index (χ1n) is 8.18. The van der Waals surface area contributed by atoms with Crippen molar-refractivity contribution in [3.05, 3.63) is 18.2 Å². The fourth-order valence-corrected chi connectivity index (χ4v) is 2.34. The summed E-state index contributed by atoms with van der Waals surface area (Å²) in [6.07, 6.45) is -0.534. The van der Waals surface area contributed by atoms with Gasteiger partial charge in [-0.3, -0.25) is 9.59 Å². The number of hydrogen-bond donors (Lipinski definition) is 1. The molecule has 1 atom stereocenters. The number of fused-ring (bicyclic) bond motifs is 1. The van der Waals surface area contributed by atoms with Gasteiger partial charge in [0.2, 0.25) is 5.91 Å². The van der Waals surface area contributed by atoms with E-state index in [1.807, 2.05) is 45.8 Å². The topological polar surface area (TPSA) is 61.9 Å². The summed E-state index contributed by atoms with van der Waals surface area (Å²) in [5.41, 5.74) is 0.939. The first-order chi connectivity index (χ1) is 11.1. The number of nitrogens with one attached hydrogen (secondary N) is 1. The van der Waals surface area contributed by atoms with Crippen molar-refractivity contribution in [3.63, 3.8) is 0 Å². The molecule has 0 saturated carbocycles. The zero-order chi connectivity index (χ0) is 18.1. The molecule has 24 heavy (non-hydrogen) atoms. The van der Waals surface area contributed by atoms with Gasteiger partial charge in [0.25, 0.3) is 5.91 Å². The molecule has 0 aromatic heterocycles. The third-order valence-corrected chi connectivity index (χ3v) is 3.88. The number of ether oxygens (including phenoxy) is 1. The fraction of sp³-hybridized carbons (Fsp3) is 0.556. The first-order valence-corrected chi connectivity index (χ1v) is 8.18. The van der Waals surface area contributed by atoms with E-state index < -0.39 is 11.5 Å². The fourth-order valence-electron chi connectivity index (χ4n) is 2.34. The second-order valence-electron chi connectivity index (χ2n) is 7.44. The summed E-state index contributed by atoms with van der Waals surface area (Å²) in [7, 11) is 3.95. The number of benzene rings is 1. The molecule has 132 valence electrons. The summed E-state index contributed by atoms with van der Waals surface area (Å²) < 4.78 is 5.73. The Bertz CT molecular complexity index is 635. The Kier molecular flexibility index (Phi) is 5.18. The number of carbonyl (C=O) groups is 2. The van der Waals surface area contributed by atoms with Crippen LogP contribution in [0, 0.1) is 5.41 Å². The number of rotatable bonds is 4. The van der Waals surface area contributed by atoms with Crippen LogP contribution in [0.4, 0.5) is 11.4 Å². The Morgan fingerprint density at radius 3 is 2.58 bits per heavy atom. The Morgan fingerprint density at radius 1 is 1.33 bits per heavy atom. The van der Waals surface area contributed by atoms with E-state index in [0.29, 0.717) is 18.0 Å². The van der Waals surface area contributed by atoms with Crippen molar-refractivity contribution in [1.29, 1.82) is 0 Å². The number of anilines is 2. The van der Waals surface area contributed by atoms with Gasteiger partial charge in [-0.15, -0.1) is 0 Å². The predicted molar refractivity (Wildman–Crippen MR) is 95.5 cm³/mol. The van der Waals surface area contributed by atoms with Crippen molar-refractivity contribution >= 4 is 23.2 Å². The van der Waals surface area contributed by atoms with E-state index in [4.69, 9.17) is 4.74 Å². The monoisotopic (exact) mass is 333 g/mol. The molecular formula is C18H27N3O3. The molecule has 6 nitrogen and oxygen atoms in total. The lowest BCUT2D eigenvalue weighted by Gasteiger charge is -2.34. The van der Waals surface area contributed by atoms with Crippen LogP contribution < -0.4 is 15.0 Å². The molecule has 0 spiro atoms. The highest BCUT2D eigenvalue weighted by Gasteiger charge is 2.31. The maximum absolute atomic E-state index is 12.4. The van der Waals surface area contributed by atoms with Gasteiger partial charge in [-0.1, -0.05) is 20.8 Å². The van der Waals surface area contributed by atoms with Gasteiger partial charge >= 0.3 is 0 Å². The molecule has 2 amide bonds. The van der Waals surface area contributed by atoms with E-state index in [9.17, 15) is 9.59 Å².